The molecule has 2 heterocycles. The zero-order chi connectivity index (χ0) is 13.7. The molecular formula is C15H17N3O2. The average Bonchev–Trinajstić information content (AvgIpc) is 3.36. The predicted molar refractivity (Wildman–Crippen MR) is 73.3 cm³/mol. The van der Waals surface area contributed by atoms with E-state index in [1.807, 2.05) is 13.0 Å². The Morgan fingerprint density at radius 1 is 1.50 bits per heavy atom. The number of ether oxygens (including phenoxy) is 1. The number of aromatic nitrogens is 3. The van der Waals surface area contributed by atoms with Gasteiger partial charge in [-0.15, -0.1) is 0 Å². The summed E-state index contributed by atoms with van der Waals surface area (Å²) >= 11 is 0. The van der Waals surface area contributed by atoms with Crippen molar-refractivity contribution in [3.63, 3.8) is 0 Å². The summed E-state index contributed by atoms with van der Waals surface area (Å²) in [5.74, 6) is 0.770. The third-order valence-electron chi connectivity index (χ3n) is 4.25. The summed E-state index contributed by atoms with van der Waals surface area (Å²) in [5.41, 5.74) is 1.47. The molecule has 20 heavy (non-hydrogen) atoms. The van der Waals surface area contributed by atoms with Gasteiger partial charge in [-0.2, -0.15) is 0 Å². The van der Waals surface area contributed by atoms with E-state index in [9.17, 15) is 4.79 Å². The lowest BCUT2D eigenvalue weighted by molar-refractivity contribution is -0.146. The molecule has 2 saturated carbocycles. The highest BCUT2D eigenvalue weighted by Gasteiger charge is 2.57. The largest absolute Gasteiger partial charge is 0.465 e. The number of hydrogen-bond acceptors (Lipinski definition) is 4. The SMILES string of the molecule is CCOC(=O)C1(c2nc3cnccc3n2C2CC2)CC1. The summed E-state index contributed by atoms with van der Waals surface area (Å²) in [7, 11) is 0. The van der Waals surface area contributed by atoms with Crippen molar-refractivity contribution in [2.75, 3.05) is 6.61 Å². The Kier molecular flexibility index (Phi) is 2.40. The van der Waals surface area contributed by atoms with Crippen LogP contribution in [0.2, 0.25) is 0 Å². The van der Waals surface area contributed by atoms with Gasteiger partial charge in [0.05, 0.1) is 18.3 Å². The zero-order valence-electron chi connectivity index (χ0n) is 11.5. The van der Waals surface area contributed by atoms with Gasteiger partial charge in [0.15, 0.2) is 0 Å². The zero-order valence-corrected chi connectivity index (χ0v) is 11.5. The predicted octanol–water partition coefficient (Wildman–Crippen LogP) is 2.36. The molecule has 104 valence electrons. The second kappa shape index (κ2) is 4.04. The molecule has 2 aliphatic carbocycles. The van der Waals surface area contributed by atoms with Crippen molar-refractivity contribution >= 4 is 17.0 Å². The molecule has 2 aromatic rings. The maximum atomic E-state index is 12.3. The minimum absolute atomic E-state index is 0.120. The van der Waals surface area contributed by atoms with E-state index in [1.54, 1.807) is 12.4 Å². The highest BCUT2D eigenvalue weighted by molar-refractivity contribution is 5.87. The Bertz CT molecular complexity index is 683. The van der Waals surface area contributed by atoms with Crippen molar-refractivity contribution in [1.29, 1.82) is 0 Å². The first-order valence-electron chi connectivity index (χ1n) is 7.26. The fraction of sp³-hybridized carbons (Fsp3) is 0.533. The lowest BCUT2D eigenvalue weighted by Crippen LogP contribution is -2.27. The molecule has 5 heteroatoms. The van der Waals surface area contributed by atoms with Gasteiger partial charge in [0.2, 0.25) is 0 Å². The minimum Gasteiger partial charge on any atom is -0.465 e. The topological polar surface area (TPSA) is 57.0 Å². The van der Waals surface area contributed by atoms with Gasteiger partial charge in [-0.3, -0.25) is 9.78 Å². The van der Waals surface area contributed by atoms with Crippen LogP contribution in [0.4, 0.5) is 0 Å². The average molecular weight is 271 g/mol. The van der Waals surface area contributed by atoms with Gasteiger partial charge >= 0.3 is 5.97 Å². The minimum atomic E-state index is -0.502. The van der Waals surface area contributed by atoms with Crippen molar-refractivity contribution in [3.05, 3.63) is 24.3 Å². The normalized spacial score (nSPS) is 20.1. The molecule has 5 nitrogen and oxygen atoms in total. The van der Waals surface area contributed by atoms with E-state index in [1.165, 1.54) is 12.8 Å². The summed E-state index contributed by atoms with van der Waals surface area (Å²) in [6.07, 6.45) is 7.58. The van der Waals surface area contributed by atoms with Crippen molar-refractivity contribution in [2.45, 2.75) is 44.1 Å². The van der Waals surface area contributed by atoms with Gasteiger partial charge in [-0.25, -0.2) is 4.98 Å². The summed E-state index contributed by atoms with van der Waals surface area (Å²) in [4.78, 5) is 21.2. The van der Waals surface area contributed by atoms with Crippen molar-refractivity contribution in [2.24, 2.45) is 0 Å². The number of rotatable bonds is 4. The van der Waals surface area contributed by atoms with Gasteiger partial charge in [0.1, 0.15) is 16.8 Å². The molecule has 0 amide bonds. The van der Waals surface area contributed by atoms with Crippen LogP contribution in [0, 0.1) is 0 Å². The fourth-order valence-corrected chi connectivity index (χ4v) is 2.90. The van der Waals surface area contributed by atoms with Gasteiger partial charge in [-0.1, -0.05) is 0 Å². The number of carbonyl (C=O) groups is 1. The molecule has 2 fully saturated rings. The van der Waals surface area contributed by atoms with Crippen LogP contribution < -0.4 is 0 Å². The second-order valence-corrected chi connectivity index (χ2v) is 5.70. The summed E-state index contributed by atoms with van der Waals surface area (Å²) < 4.78 is 7.52. The standard InChI is InChI=1S/C15H17N3O2/c1-2-20-14(19)15(6-7-15)13-17-11-9-16-8-5-12(11)18(13)10-3-4-10/h5,8-10H,2-4,6-7H2,1H3. The molecule has 0 N–H and O–H groups in total. The summed E-state index contributed by atoms with van der Waals surface area (Å²) in [5, 5.41) is 0. The number of hydrogen-bond donors (Lipinski definition) is 0. The van der Waals surface area contributed by atoms with E-state index in [0.717, 1.165) is 29.7 Å². The first-order chi connectivity index (χ1) is 9.76. The Labute approximate surface area is 117 Å². The quantitative estimate of drug-likeness (QED) is 0.801. The number of imidazole rings is 1. The van der Waals surface area contributed by atoms with Gasteiger partial charge in [0.25, 0.3) is 0 Å². The van der Waals surface area contributed by atoms with Gasteiger partial charge in [-0.05, 0) is 38.7 Å². The van der Waals surface area contributed by atoms with Crippen molar-refractivity contribution in [3.8, 4) is 0 Å². The van der Waals surface area contributed by atoms with Crippen LogP contribution in [0.3, 0.4) is 0 Å². The number of esters is 1. The smallest absolute Gasteiger partial charge is 0.319 e. The molecular weight excluding hydrogens is 254 g/mol. The monoisotopic (exact) mass is 271 g/mol. The fourth-order valence-electron chi connectivity index (χ4n) is 2.90. The molecule has 0 spiro atoms. The summed E-state index contributed by atoms with van der Waals surface area (Å²) in [6, 6.07) is 2.48. The van der Waals surface area contributed by atoms with Gasteiger partial charge < -0.3 is 9.30 Å². The number of carbonyl (C=O) groups excluding carboxylic acids is 1. The lowest BCUT2D eigenvalue weighted by atomic mass is 10.1. The Hall–Kier alpha value is -1.91. The molecule has 2 aromatic heterocycles. The maximum absolute atomic E-state index is 12.3. The van der Waals surface area contributed by atoms with E-state index in [0.29, 0.717) is 12.6 Å². The Morgan fingerprint density at radius 3 is 2.95 bits per heavy atom. The molecule has 0 aromatic carbocycles. The molecule has 0 radical (unpaired) electrons. The molecule has 2 aliphatic rings. The molecule has 4 rings (SSSR count). The summed E-state index contributed by atoms with van der Waals surface area (Å²) in [6.45, 7) is 2.27. The molecule has 0 aliphatic heterocycles. The second-order valence-electron chi connectivity index (χ2n) is 5.70. The number of pyridine rings is 1. The van der Waals surface area contributed by atoms with Crippen LogP contribution >= 0.6 is 0 Å². The van der Waals surface area contributed by atoms with Crippen LogP contribution in [0.5, 0.6) is 0 Å². The van der Waals surface area contributed by atoms with Crippen LogP contribution in [0.15, 0.2) is 18.5 Å². The highest BCUT2D eigenvalue weighted by atomic mass is 16.5. The molecule has 0 saturated heterocycles. The third kappa shape index (κ3) is 1.58. The number of fused-ring (bicyclic) bond motifs is 1. The molecule has 0 atom stereocenters. The maximum Gasteiger partial charge on any atom is 0.319 e. The van der Waals surface area contributed by atoms with E-state index in [4.69, 9.17) is 9.72 Å². The first kappa shape index (κ1) is 11.9. The Balaban J connectivity index is 1.87. The molecule has 0 unspecified atom stereocenters. The van der Waals surface area contributed by atoms with Crippen LogP contribution in [-0.4, -0.2) is 27.1 Å². The number of nitrogens with zero attached hydrogens (tertiary/aromatic N) is 3. The van der Waals surface area contributed by atoms with E-state index in [-0.39, 0.29) is 5.97 Å². The van der Waals surface area contributed by atoms with Crippen LogP contribution in [0.25, 0.3) is 11.0 Å². The van der Waals surface area contributed by atoms with Crippen LogP contribution in [0.1, 0.15) is 44.5 Å². The van der Waals surface area contributed by atoms with E-state index >= 15 is 0 Å². The highest BCUT2D eigenvalue weighted by Crippen LogP contribution is 2.52. The Morgan fingerprint density at radius 2 is 2.30 bits per heavy atom. The third-order valence-corrected chi connectivity index (χ3v) is 4.25. The van der Waals surface area contributed by atoms with Crippen LogP contribution in [-0.2, 0) is 14.9 Å². The van der Waals surface area contributed by atoms with Gasteiger partial charge in [0, 0.05) is 12.2 Å². The van der Waals surface area contributed by atoms with E-state index < -0.39 is 5.41 Å². The van der Waals surface area contributed by atoms with E-state index in [2.05, 4.69) is 9.55 Å². The van der Waals surface area contributed by atoms with Crippen molar-refractivity contribution < 1.29 is 9.53 Å². The van der Waals surface area contributed by atoms with Crippen molar-refractivity contribution in [1.82, 2.24) is 14.5 Å². The first-order valence-corrected chi connectivity index (χ1v) is 7.26. The molecule has 0 bridgehead atoms. The lowest BCUT2D eigenvalue weighted by Gasteiger charge is -2.15.